The van der Waals surface area contributed by atoms with Gasteiger partial charge in [0.25, 0.3) is 0 Å². The molecule has 0 aliphatic rings. The highest BCUT2D eigenvalue weighted by molar-refractivity contribution is 6.15. The van der Waals surface area contributed by atoms with Crippen LogP contribution in [0.25, 0.3) is 105 Å². The molecular weight excluding hydrogens is 637 g/mol. The molecular formula is C47H28N4O. The monoisotopic (exact) mass is 664 g/mol. The second-order valence-corrected chi connectivity index (χ2v) is 13.6. The van der Waals surface area contributed by atoms with Gasteiger partial charge in [0.15, 0.2) is 11.4 Å². The van der Waals surface area contributed by atoms with Crippen molar-refractivity contribution in [1.29, 1.82) is 0 Å². The van der Waals surface area contributed by atoms with Crippen LogP contribution in [0.15, 0.2) is 174 Å². The quantitative estimate of drug-likeness (QED) is 0.189. The second kappa shape index (κ2) is 10.2. The predicted molar refractivity (Wildman–Crippen MR) is 215 cm³/mol. The van der Waals surface area contributed by atoms with Crippen molar-refractivity contribution in [3.8, 4) is 17.2 Å². The van der Waals surface area contributed by atoms with E-state index in [4.69, 9.17) is 9.40 Å². The van der Waals surface area contributed by atoms with Gasteiger partial charge in [0, 0.05) is 60.7 Å². The van der Waals surface area contributed by atoms with E-state index in [0.717, 1.165) is 55.6 Å². The first-order chi connectivity index (χ1) is 25.8. The molecule has 0 bridgehead atoms. The van der Waals surface area contributed by atoms with Crippen LogP contribution in [0.2, 0.25) is 0 Å². The summed E-state index contributed by atoms with van der Waals surface area (Å²) >= 11 is 0. The minimum atomic E-state index is 0.789. The average molecular weight is 665 g/mol. The minimum absolute atomic E-state index is 0.789. The Balaban J connectivity index is 1.10. The molecule has 0 aliphatic heterocycles. The maximum absolute atomic E-state index is 6.48. The molecule has 0 saturated carbocycles. The summed E-state index contributed by atoms with van der Waals surface area (Å²) < 4.78 is 13.5. The molecule has 0 fully saturated rings. The predicted octanol–water partition coefficient (Wildman–Crippen LogP) is 12.3. The molecule has 0 unspecified atom stereocenters. The summed E-state index contributed by atoms with van der Waals surface area (Å²) in [7, 11) is 0. The van der Waals surface area contributed by atoms with Gasteiger partial charge in [-0.05, 0) is 72.8 Å². The summed E-state index contributed by atoms with van der Waals surface area (Å²) in [6, 6.07) is 58.7. The lowest BCUT2D eigenvalue weighted by Crippen LogP contribution is -1.98. The van der Waals surface area contributed by atoms with Crippen molar-refractivity contribution in [3.05, 3.63) is 170 Å². The Morgan fingerprint density at radius 1 is 0.346 bits per heavy atom. The van der Waals surface area contributed by atoms with E-state index in [9.17, 15) is 0 Å². The highest BCUT2D eigenvalue weighted by Gasteiger charge is 2.21. The molecule has 0 saturated heterocycles. The molecule has 0 N–H and O–H groups in total. The number of nitrogens with zero attached hydrogens (tertiary/aromatic N) is 4. The molecule has 12 rings (SSSR count). The van der Waals surface area contributed by atoms with Gasteiger partial charge in [-0.2, -0.15) is 0 Å². The van der Waals surface area contributed by atoms with Crippen LogP contribution in [0.4, 0.5) is 0 Å². The summed E-state index contributed by atoms with van der Waals surface area (Å²) in [4.78, 5) is 4.93. The third-order valence-corrected chi connectivity index (χ3v) is 10.9. The van der Waals surface area contributed by atoms with Crippen LogP contribution in [-0.4, -0.2) is 18.7 Å². The number of pyridine rings is 1. The maximum Gasteiger partial charge on any atom is 0.181 e. The molecule has 0 atom stereocenters. The minimum Gasteiger partial charge on any atom is -0.452 e. The van der Waals surface area contributed by atoms with E-state index >= 15 is 0 Å². The zero-order valence-corrected chi connectivity index (χ0v) is 27.9. The van der Waals surface area contributed by atoms with Crippen molar-refractivity contribution in [2.75, 3.05) is 0 Å². The Kier molecular flexibility index (Phi) is 5.44. The lowest BCUT2D eigenvalue weighted by Gasteiger charge is -2.11. The highest BCUT2D eigenvalue weighted by Crippen LogP contribution is 2.40. The van der Waals surface area contributed by atoms with Gasteiger partial charge in [0.1, 0.15) is 5.58 Å². The maximum atomic E-state index is 6.48. The zero-order valence-electron chi connectivity index (χ0n) is 27.9. The summed E-state index contributed by atoms with van der Waals surface area (Å²) in [5.41, 5.74) is 10.9. The van der Waals surface area contributed by atoms with Crippen molar-refractivity contribution >= 4 is 87.4 Å². The van der Waals surface area contributed by atoms with E-state index in [0.29, 0.717) is 0 Å². The third kappa shape index (κ3) is 3.64. The van der Waals surface area contributed by atoms with E-state index in [1.807, 2.05) is 24.4 Å². The topological polar surface area (TPSA) is 40.8 Å². The zero-order chi connectivity index (χ0) is 33.9. The van der Waals surface area contributed by atoms with Crippen molar-refractivity contribution in [1.82, 2.24) is 18.7 Å². The average Bonchev–Trinajstić information content (AvgIpc) is 3.94. The Labute approximate surface area is 296 Å². The Morgan fingerprint density at radius 2 is 0.769 bits per heavy atom. The first kappa shape index (κ1) is 27.7. The Bertz CT molecular complexity index is 3370. The van der Waals surface area contributed by atoms with Crippen molar-refractivity contribution in [2.24, 2.45) is 0 Å². The molecule has 0 spiro atoms. The van der Waals surface area contributed by atoms with Gasteiger partial charge in [-0.15, -0.1) is 0 Å². The van der Waals surface area contributed by atoms with Crippen LogP contribution in [0.5, 0.6) is 0 Å². The summed E-state index contributed by atoms with van der Waals surface area (Å²) in [6.45, 7) is 0. The number of fused-ring (bicyclic) bond motifs is 12. The van der Waals surface area contributed by atoms with E-state index in [1.165, 1.54) is 49.0 Å². The molecule has 5 heteroatoms. The fourth-order valence-electron chi connectivity index (χ4n) is 8.70. The molecule has 0 aliphatic carbocycles. The van der Waals surface area contributed by atoms with Crippen molar-refractivity contribution in [3.63, 3.8) is 0 Å². The van der Waals surface area contributed by atoms with Gasteiger partial charge >= 0.3 is 0 Å². The SMILES string of the molecule is c1ccc2c(c1)oc1c(-n3c4ccccc4c4cc(-n5c6ccccc6c6cc(-n7c8ccccc8c8ccccc87)ccc65)ccc43)nccc12. The molecule has 7 aromatic carbocycles. The van der Waals surface area contributed by atoms with Crippen LogP contribution in [-0.2, 0) is 0 Å². The Morgan fingerprint density at radius 3 is 1.33 bits per heavy atom. The molecule has 12 aromatic rings. The number of aromatic nitrogens is 4. The van der Waals surface area contributed by atoms with Crippen LogP contribution in [0.1, 0.15) is 0 Å². The number of hydrogen-bond donors (Lipinski definition) is 0. The number of furan rings is 1. The molecule has 52 heavy (non-hydrogen) atoms. The number of benzene rings is 7. The molecule has 5 nitrogen and oxygen atoms in total. The summed E-state index contributed by atoms with van der Waals surface area (Å²) in [5.74, 6) is 0.794. The van der Waals surface area contributed by atoms with Gasteiger partial charge in [-0.3, -0.25) is 4.57 Å². The summed E-state index contributed by atoms with van der Waals surface area (Å²) in [6.07, 6.45) is 1.89. The normalized spacial score (nSPS) is 12.2. The fraction of sp³-hybridized carbons (Fsp3) is 0. The molecule has 5 heterocycles. The van der Waals surface area contributed by atoms with E-state index in [1.54, 1.807) is 0 Å². The fourth-order valence-corrected chi connectivity index (χ4v) is 8.70. The van der Waals surface area contributed by atoms with E-state index in [-0.39, 0.29) is 0 Å². The van der Waals surface area contributed by atoms with Crippen molar-refractivity contribution < 1.29 is 4.42 Å². The first-order valence-electron chi connectivity index (χ1n) is 17.6. The molecule has 5 aromatic heterocycles. The standard InChI is InChI=1S/C47H28N4O/c1-6-16-39-31(11-1)32-12-2-7-17-40(32)49(39)29-21-23-43-37(27-29)33-13-3-8-18-41(33)50(43)30-22-24-44-38(28-30)34-14-4-9-19-42(34)51(44)47-46-36(25-26-48-47)35-15-5-10-20-45(35)52-46/h1-28H. The lowest BCUT2D eigenvalue weighted by atomic mass is 10.1. The van der Waals surface area contributed by atoms with Gasteiger partial charge in [0.05, 0.1) is 33.1 Å². The van der Waals surface area contributed by atoms with Crippen molar-refractivity contribution in [2.45, 2.75) is 0 Å². The largest absolute Gasteiger partial charge is 0.452 e. The van der Waals surface area contributed by atoms with Crippen LogP contribution in [0, 0.1) is 0 Å². The van der Waals surface area contributed by atoms with Crippen LogP contribution in [0.3, 0.4) is 0 Å². The van der Waals surface area contributed by atoms with E-state index < -0.39 is 0 Å². The first-order valence-corrected chi connectivity index (χ1v) is 17.6. The van der Waals surface area contributed by atoms with Crippen LogP contribution < -0.4 is 0 Å². The third-order valence-electron chi connectivity index (χ3n) is 10.9. The second-order valence-electron chi connectivity index (χ2n) is 13.6. The molecule has 242 valence electrons. The van der Waals surface area contributed by atoms with Gasteiger partial charge in [-0.1, -0.05) is 91.0 Å². The number of hydrogen-bond acceptors (Lipinski definition) is 2. The molecule has 0 radical (unpaired) electrons. The molecule has 0 amide bonds. The highest BCUT2D eigenvalue weighted by atomic mass is 16.3. The smallest absolute Gasteiger partial charge is 0.181 e. The van der Waals surface area contributed by atoms with Crippen LogP contribution >= 0.6 is 0 Å². The van der Waals surface area contributed by atoms with Gasteiger partial charge in [-0.25, -0.2) is 4.98 Å². The van der Waals surface area contributed by atoms with Gasteiger partial charge < -0.3 is 13.6 Å². The number of rotatable bonds is 3. The Hall–Kier alpha value is -7.11. The van der Waals surface area contributed by atoms with Gasteiger partial charge in [0.2, 0.25) is 0 Å². The van der Waals surface area contributed by atoms with E-state index in [2.05, 4.69) is 159 Å². The summed E-state index contributed by atoms with van der Waals surface area (Å²) in [5, 5.41) is 9.46. The number of para-hydroxylation sites is 5. The lowest BCUT2D eigenvalue weighted by molar-refractivity contribution is 0.663.